The fourth-order valence-electron chi connectivity index (χ4n) is 5.21. The number of piperidine rings is 1. The number of rotatable bonds is 5. The van der Waals surface area contributed by atoms with Crippen molar-refractivity contribution >= 4 is 17.6 Å². The summed E-state index contributed by atoms with van der Waals surface area (Å²) in [6.07, 6.45) is 5.29. The first-order chi connectivity index (χ1) is 15.4. The molecule has 4 rings (SSSR count). The van der Waals surface area contributed by atoms with Gasteiger partial charge in [-0.1, -0.05) is 12.1 Å². The van der Waals surface area contributed by atoms with Crippen LogP contribution < -0.4 is 5.32 Å². The van der Waals surface area contributed by atoms with Crippen molar-refractivity contribution in [3.05, 3.63) is 59.5 Å². The van der Waals surface area contributed by atoms with Crippen LogP contribution in [0.3, 0.4) is 0 Å². The predicted octanol–water partition coefficient (Wildman–Crippen LogP) is 3.80. The van der Waals surface area contributed by atoms with Crippen LogP contribution in [0.25, 0.3) is 0 Å². The lowest BCUT2D eigenvalue weighted by Crippen LogP contribution is -2.52. The number of amides is 2. The number of carbonyl (C=O) groups is 2. The molecule has 6 nitrogen and oxygen atoms in total. The van der Waals surface area contributed by atoms with Crippen molar-refractivity contribution in [2.45, 2.75) is 45.1 Å². The van der Waals surface area contributed by atoms with E-state index in [0.717, 1.165) is 29.8 Å². The zero-order valence-electron chi connectivity index (χ0n) is 18.8. The molecule has 1 aromatic heterocycles. The molecule has 2 aliphatic heterocycles. The average molecular weight is 439 g/mol. The number of carbonyl (C=O) groups excluding carboxylic acids is 2. The van der Waals surface area contributed by atoms with E-state index in [-0.39, 0.29) is 23.7 Å². The Morgan fingerprint density at radius 1 is 1.19 bits per heavy atom. The number of likely N-dealkylation sites (tertiary alicyclic amines) is 2. The van der Waals surface area contributed by atoms with Crippen LogP contribution in [0.5, 0.6) is 0 Å². The van der Waals surface area contributed by atoms with Gasteiger partial charge in [-0.2, -0.15) is 0 Å². The van der Waals surface area contributed by atoms with E-state index in [4.69, 9.17) is 0 Å². The van der Waals surface area contributed by atoms with Crippen LogP contribution in [0.1, 0.15) is 49.8 Å². The van der Waals surface area contributed by atoms with E-state index < -0.39 is 5.41 Å². The maximum Gasteiger partial charge on any atom is 0.229 e. The van der Waals surface area contributed by atoms with Crippen LogP contribution in [0.2, 0.25) is 0 Å². The van der Waals surface area contributed by atoms with Crippen molar-refractivity contribution in [2.24, 2.45) is 5.41 Å². The number of hydrogen-bond acceptors (Lipinski definition) is 4. The van der Waals surface area contributed by atoms with Crippen molar-refractivity contribution in [1.82, 2.24) is 14.8 Å². The van der Waals surface area contributed by atoms with Crippen LogP contribution in [-0.4, -0.2) is 53.3 Å². The summed E-state index contributed by atoms with van der Waals surface area (Å²) in [5, 5.41) is 3.07. The Balaban J connectivity index is 1.64. The largest absolute Gasteiger partial charge is 0.373 e. The molecule has 0 bridgehead atoms. The first-order valence-corrected chi connectivity index (χ1v) is 11.4. The second-order valence-corrected chi connectivity index (χ2v) is 8.97. The van der Waals surface area contributed by atoms with Crippen LogP contribution in [0, 0.1) is 11.2 Å². The van der Waals surface area contributed by atoms with Crippen LogP contribution in [0.4, 0.5) is 10.2 Å². The molecule has 1 N–H and O–H groups in total. The van der Waals surface area contributed by atoms with Crippen molar-refractivity contribution in [2.75, 3.05) is 32.0 Å². The first-order valence-electron chi connectivity index (χ1n) is 11.4. The molecule has 170 valence electrons. The van der Waals surface area contributed by atoms with Gasteiger partial charge in [0, 0.05) is 39.8 Å². The number of aromatic nitrogens is 1. The Bertz CT molecular complexity index is 987. The smallest absolute Gasteiger partial charge is 0.229 e. The Kier molecular flexibility index (Phi) is 6.44. The number of anilines is 1. The minimum atomic E-state index is -0.638. The van der Waals surface area contributed by atoms with Crippen molar-refractivity contribution in [3.63, 3.8) is 0 Å². The quantitative estimate of drug-likeness (QED) is 0.771. The van der Waals surface area contributed by atoms with Gasteiger partial charge >= 0.3 is 0 Å². The Labute approximate surface area is 188 Å². The highest BCUT2D eigenvalue weighted by atomic mass is 19.1. The molecule has 1 atom stereocenters. The third-order valence-corrected chi connectivity index (χ3v) is 6.99. The van der Waals surface area contributed by atoms with Gasteiger partial charge in [-0.3, -0.25) is 9.59 Å². The molecule has 0 unspecified atom stereocenters. The second kappa shape index (κ2) is 9.27. The minimum absolute atomic E-state index is 0.00724. The SMILES string of the molecule is CNc1cc([C@H]2CCCN2C(=O)C2(Cc3cccc(F)c3)CCN(C(C)=O)CC2)ccn1. The molecule has 0 saturated carbocycles. The zero-order chi connectivity index (χ0) is 22.7. The number of benzene rings is 1. The number of nitrogens with zero attached hydrogens (tertiary/aromatic N) is 3. The molecule has 1 aromatic carbocycles. The van der Waals surface area contributed by atoms with Gasteiger partial charge in [-0.05, 0) is 67.5 Å². The number of nitrogens with one attached hydrogen (secondary N) is 1. The van der Waals surface area contributed by atoms with E-state index >= 15 is 0 Å². The number of pyridine rings is 1. The molecule has 32 heavy (non-hydrogen) atoms. The topological polar surface area (TPSA) is 65.5 Å². The Morgan fingerprint density at radius 3 is 2.66 bits per heavy atom. The maximum absolute atomic E-state index is 14.1. The van der Waals surface area contributed by atoms with Crippen LogP contribution in [0.15, 0.2) is 42.6 Å². The van der Waals surface area contributed by atoms with Gasteiger partial charge in [-0.15, -0.1) is 0 Å². The van der Waals surface area contributed by atoms with E-state index in [0.29, 0.717) is 38.9 Å². The van der Waals surface area contributed by atoms with E-state index in [2.05, 4.69) is 10.3 Å². The number of hydrogen-bond donors (Lipinski definition) is 1. The summed E-state index contributed by atoms with van der Waals surface area (Å²) in [5.41, 5.74) is 1.27. The summed E-state index contributed by atoms with van der Waals surface area (Å²) in [6.45, 7) is 3.38. The lowest BCUT2D eigenvalue weighted by Gasteiger charge is -2.43. The third kappa shape index (κ3) is 4.47. The lowest BCUT2D eigenvalue weighted by molar-refractivity contribution is -0.149. The molecule has 2 fully saturated rings. The lowest BCUT2D eigenvalue weighted by atomic mass is 9.72. The second-order valence-electron chi connectivity index (χ2n) is 8.97. The summed E-state index contributed by atoms with van der Waals surface area (Å²) in [6, 6.07) is 10.5. The van der Waals surface area contributed by atoms with Gasteiger partial charge in [-0.25, -0.2) is 9.37 Å². The predicted molar refractivity (Wildman–Crippen MR) is 121 cm³/mol. The van der Waals surface area contributed by atoms with Gasteiger partial charge in [0.15, 0.2) is 0 Å². The molecule has 2 saturated heterocycles. The van der Waals surface area contributed by atoms with Gasteiger partial charge in [0.05, 0.1) is 11.5 Å². The highest BCUT2D eigenvalue weighted by molar-refractivity contribution is 5.84. The normalized spacial score (nSPS) is 20.3. The van der Waals surface area contributed by atoms with Crippen molar-refractivity contribution < 1.29 is 14.0 Å². The summed E-state index contributed by atoms with van der Waals surface area (Å²) < 4.78 is 13.9. The molecular weight excluding hydrogens is 407 g/mol. The van der Waals surface area contributed by atoms with E-state index in [9.17, 15) is 14.0 Å². The van der Waals surface area contributed by atoms with E-state index in [1.807, 2.05) is 30.1 Å². The summed E-state index contributed by atoms with van der Waals surface area (Å²) in [7, 11) is 1.83. The fourth-order valence-corrected chi connectivity index (χ4v) is 5.21. The molecule has 2 aromatic rings. The summed E-state index contributed by atoms with van der Waals surface area (Å²) >= 11 is 0. The maximum atomic E-state index is 14.1. The zero-order valence-corrected chi connectivity index (χ0v) is 18.8. The van der Waals surface area contributed by atoms with Crippen molar-refractivity contribution in [3.8, 4) is 0 Å². The summed E-state index contributed by atoms with van der Waals surface area (Å²) in [4.78, 5) is 34.2. The van der Waals surface area contributed by atoms with E-state index in [1.165, 1.54) is 12.1 Å². The standard InChI is InChI=1S/C25H31FN4O2/c1-18(31)29-13-9-25(10-14-29,17-19-5-3-6-21(26)15-19)24(32)30-12-4-7-22(30)20-8-11-28-23(16-20)27-2/h3,5-6,8,11,15-16,22H,4,7,9-10,12-14,17H2,1-2H3,(H,27,28)/t22-/m1/s1. The molecular formula is C25H31FN4O2. The molecule has 0 spiro atoms. The Hall–Kier alpha value is -2.96. The molecule has 3 heterocycles. The van der Waals surface area contributed by atoms with Gasteiger partial charge in [0.1, 0.15) is 11.6 Å². The number of halogens is 1. The average Bonchev–Trinajstić information content (AvgIpc) is 3.29. The highest BCUT2D eigenvalue weighted by Gasteiger charge is 2.46. The molecule has 0 aliphatic carbocycles. The minimum Gasteiger partial charge on any atom is -0.373 e. The highest BCUT2D eigenvalue weighted by Crippen LogP contribution is 2.42. The molecule has 0 radical (unpaired) electrons. The van der Waals surface area contributed by atoms with Gasteiger partial charge in [0.25, 0.3) is 0 Å². The Morgan fingerprint density at radius 2 is 1.97 bits per heavy atom. The summed E-state index contributed by atoms with van der Waals surface area (Å²) in [5.74, 6) is 0.648. The molecule has 2 aliphatic rings. The van der Waals surface area contributed by atoms with E-state index in [1.54, 1.807) is 24.1 Å². The molecule has 7 heteroatoms. The first kappa shape index (κ1) is 22.2. The van der Waals surface area contributed by atoms with Crippen LogP contribution in [-0.2, 0) is 16.0 Å². The van der Waals surface area contributed by atoms with Crippen molar-refractivity contribution in [1.29, 1.82) is 0 Å². The van der Waals surface area contributed by atoms with Gasteiger partial charge < -0.3 is 15.1 Å². The monoisotopic (exact) mass is 438 g/mol. The van der Waals surface area contributed by atoms with Gasteiger partial charge in [0.2, 0.25) is 11.8 Å². The van der Waals surface area contributed by atoms with Crippen LogP contribution >= 0.6 is 0 Å². The third-order valence-electron chi connectivity index (χ3n) is 6.99. The fraction of sp³-hybridized carbons (Fsp3) is 0.480. The molecule has 2 amide bonds.